The first-order valence-corrected chi connectivity index (χ1v) is 8.92. The molecule has 0 radical (unpaired) electrons. The van der Waals surface area contributed by atoms with Crippen molar-refractivity contribution >= 4 is 0 Å². The van der Waals surface area contributed by atoms with Crippen LogP contribution in [0.1, 0.15) is 37.8 Å². The topological polar surface area (TPSA) is 33.1 Å². The zero-order chi connectivity index (χ0) is 15.5. The van der Waals surface area contributed by atoms with Crippen LogP contribution in [-0.4, -0.2) is 39.9 Å². The van der Waals surface area contributed by atoms with Gasteiger partial charge in [-0.3, -0.25) is 4.90 Å². The summed E-state index contributed by atoms with van der Waals surface area (Å²) in [6.45, 7) is 4.35. The quantitative estimate of drug-likeness (QED) is 0.946. The van der Waals surface area contributed by atoms with Crippen molar-refractivity contribution in [2.75, 3.05) is 19.6 Å². The normalized spacial score (nSPS) is 21.6. The van der Waals surface area contributed by atoms with Crippen LogP contribution in [0.2, 0.25) is 0 Å². The number of piperazine rings is 1. The smallest absolute Gasteiger partial charge is 0.0769 e. The lowest BCUT2D eigenvalue weighted by molar-refractivity contribution is 0.0199. The molecule has 1 spiro atoms. The molecule has 1 saturated heterocycles. The Morgan fingerprint density at radius 1 is 1.04 bits per heavy atom. The third-order valence-corrected chi connectivity index (χ3v) is 5.49. The van der Waals surface area contributed by atoms with Crippen LogP contribution in [0.25, 0.3) is 5.69 Å². The Balaban J connectivity index is 1.51. The van der Waals surface area contributed by atoms with Gasteiger partial charge in [0.05, 0.1) is 11.4 Å². The van der Waals surface area contributed by atoms with E-state index >= 15 is 0 Å². The Labute approximate surface area is 138 Å². The Bertz CT molecular complexity index is 620. The molecule has 2 fully saturated rings. The van der Waals surface area contributed by atoms with Crippen LogP contribution in [0.4, 0.5) is 0 Å². The molecule has 23 heavy (non-hydrogen) atoms. The predicted molar refractivity (Wildman–Crippen MR) is 92.7 cm³/mol. The van der Waals surface area contributed by atoms with Crippen molar-refractivity contribution in [2.24, 2.45) is 0 Å². The van der Waals surface area contributed by atoms with E-state index in [1.807, 2.05) is 10.7 Å². The SMILES string of the molecule is c1ccc(-n2ccc(CN3CCNCC34CCCCC4)n2)cc1. The van der Waals surface area contributed by atoms with E-state index < -0.39 is 0 Å². The number of aromatic nitrogens is 2. The molecular weight excluding hydrogens is 284 g/mol. The second-order valence-electron chi connectivity index (χ2n) is 6.97. The minimum absolute atomic E-state index is 0.368. The maximum Gasteiger partial charge on any atom is 0.0769 e. The first-order valence-electron chi connectivity index (χ1n) is 8.92. The maximum atomic E-state index is 4.81. The minimum atomic E-state index is 0.368. The lowest BCUT2D eigenvalue weighted by Crippen LogP contribution is -2.61. The Morgan fingerprint density at radius 3 is 2.70 bits per heavy atom. The lowest BCUT2D eigenvalue weighted by Gasteiger charge is -2.49. The fourth-order valence-corrected chi connectivity index (χ4v) is 4.20. The Hall–Kier alpha value is -1.65. The molecule has 4 rings (SSSR count). The molecule has 1 aromatic heterocycles. The number of nitrogens with zero attached hydrogens (tertiary/aromatic N) is 3. The Morgan fingerprint density at radius 2 is 1.87 bits per heavy atom. The number of nitrogens with one attached hydrogen (secondary N) is 1. The molecule has 2 aliphatic rings. The molecule has 0 atom stereocenters. The molecule has 2 heterocycles. The largest absolute Gasteiger partial charge is 0.314 e. The van der Waals surface area contributed by atoms with Gasteiger partial charge in [-0.25, -0.2) is 4.68 Å². The predicted octanol–water partition coefficient (Wildman–Crippen LogP) is 2.98. The van der Waals surface area contributed by atoms with Crippen molar-refractivity contribution in [2.45, 2.75) is 44.2 Å². The van der Waals surface area contributed by atoms with Crippen LogP contribution in [0.15, 0.2) is 42.6 Å². The highest BCUT2D eigenvalue weighted by Crippen LogP contribution is 2.35. The molecule has 4 nitrogen and oxygen atoms in total. The molecule has 122 valence electrons. The molecule has 4 heteroatoms. The summed E-state index contributed by atoms with van der Waals surface area (Å²) in [5, 5.41) is 8.43. The van der Waals surface area contributed by atoms with Crippen molar-refractivity contribution in [1.29, 1.82) is 0 Å². The average Bonchev–Trinajstić information content (AvgIpc) is 3.07. The van der Waals surface area contributed by atoms with Gasteiger partial charge in [0.2, 0.25) is 0 Å². The molecule has 1 aliphatic heterocycles. The van der Waals surface area contributed by atoms with Crippen molar-refractivity contribution in [3.05, 3.63) is 48.3 Å². The summed E-state index contributed by atoms with van der Waals surface area (Å²) in [4.78, 5) is 2.69. The summed E-state index contributed by atoms with van der Waals surface area (Å²) < 4.78 is 1.99. The van der Waals surface area contributed by atoms with Crippen molar-refractivity contribution < 1.29 is 0 Å². The van der Waals surface area contributed by atoms with Crippen LogP contribution in [-0.2, 0) is 6.54 Å². The zero-order valence-electron chi connectivity index (χ0n) is 13.7. The summed E-state index contributed by atoms with van der Waals surface area (Å²) in [5.41, 5.74) is 2.68. The van der Waals surface area contributed by atoms with Crippen LogP contribution >= 0.6 is 0 Å². The van der Waals surface area contributed by atoms with E-state index in [4.69, 9.17) is 5.10 Å². The second-order valence-corrected chi connectivity index (χ2v) is 6.97. The van der Waals surface area contributed by atoms with Gasteiger partial charge in [0.25, 0.3) is 0 Å². The highest BCUT2D eigenvalue weighted by molar-refractivity contribution is 5.30. The van der Waals surface area contributed by atoms with Gasteiger partial charge >= 0.3 is 0 Å². The number of hydrogen-bond acceptors (Lipinski definition) is 3. The second kappa shape index (κ2) is 6.46. The fraction of sp³-hybridized carbons (Fsp3) is 0.526. The number of benzene rings is 1. The van der Waals surface area contributed by atoms with E-state index in [2.05, 4.69) is 46.7 Å². The van der Waals surface area contributed by atoms with Crippen LogP contribution < -0.4 is 5.32 Å². The molecule has 1 aliphatic carbocycles. The van der Waals surface area contributed by atoms with E-state index in [1.54, 1.807) is 0 Å². The summed E-state index contributed by atoms with van der Waals surface area (Å²) in [7, 11) is 0. The van der Waals surface area contributed by atoms with Gasteiger partial charge in [0.1, 0.15) is 0 Å². The third-order valence-electron chi connectivity index (χ3n) is 5.49. The standard InChI is InChI=1S/C19H26N4/c1-3-7-18(8-4-1)23-13-9-17(21-23)15-22-14-12-20-16-19(22)10-5-2-6-11-19/h1,3-4,7-9,13,20H,2,5-6,10-12,14-16H2. The number of rotatable bonds is 3. The van der Waals surface area contributed by atoms with Crippen LogP contribution in [0, 0.1) is 0 Å². The highest BCUT2D eigenvalue weighted by Gasteiger charge is 2.39. The first-order chi connectivity index (χ1) is 11.4. The van der Waals surface area contributed by atoms with E-state index in [0.29, 0.717) is 5.54 Å². The highest BCUT2D eigenvalue weighted by atomic mass is 15.3. The van der Waals surface area contributed by atoms with Gasteiger partial charge in [0, 0.05) is 37.9 Å². The molecule has 1 N–H and O–H groups in total. The van der Waals surface area contributed by atoms with E-state index in [1.165, 1.54) is 37.8 Å². The van der Waals surface area contributed by atoms with Gasteiger partial charge in [0.15, 0.2) is 0 Å². The zero-order valence-corrected chi connectivity index (χ0v) is 13.7. The van der Waals surface area contributed by atoms with Gasteiger partial charge in [-0.05, 0) is 31.0 Å². The summed E-state index contributed by atoms with van der Waals surface area (Å²) in [6, 6.07) is 12.5. The molecule has 0 amide bonds. The average molecular weight is 310 g/mol. The summed E-state index contributed by atoms with van der Waals surface area (Å²) in [6.07, 6.45) is 8.89. The summed E-state index contributed by atoms with van der Waals surface area (Å²) >= 11 is 0. The maximum absolute atomic E-state index is 4.81. The third kappa shape index (κ3) is 3.06. The molecule has 2 aromatic rings. The monoisotopic (exact) mass is 310 g/mol. The van der Waals surface area contributed by atoms with Crippen molar-refractivity contribution in [3.63, 3.8) is 0 Å². The van der Waals surface area contributed by atoms with E-state index in [0.717, 1.165) is 31.9 Å². The number of para-hydroxylation sites is 1. The molecule has 0 bridgehead atoms. The van der Waals surface area contributed by atoms with Crippen LogP contribution in [0.3, 0.4) is 0 Å². The minimum Gasteiger partial charge on any atom is -0.314 e. The van der Waals surface area contributed by atoms with Gasteiger partial charge in [-0.2, -0.15) is 5.10 Å². The fourth-order valence-electron chi connectivity index (χ4n) is 4.20. The van der Waals surface area contributed by atoms with E-state index in [-0.39, 0.29) is 0 Å². The summed E-state index contributed by atoms with van der Waals surface area (Å²) in [5.74, 6) is 0. The van der Waals surface area contributed by atoms with Crippen molar-refractivity contribution in [3.8, 4) is 5.69 Å². The van der Waals surface area contributed by atoms with Gasteiger partial charge < -0.3 is 5.32 Å². The number of hydrogen-bond donors (Lipinski definition) is 1. The molecular formula is C19H26N4. The Kier molecular flexibility index (Phi) is 4.19. The first kappa shape index (κ1) is 14.9. The van der Waals surface area contributed by atoms with Gasteiger partial charge in [-0.1, -0.05) is 37.5 Å². The molecule has 0 unspecified atom stereocenters. The van der Waals surface area contributed by atoms with Gasteiger partial charge in [-0.15, -0.1) is 0 Å². The lowest BCUT2D eigenvalue weighted by atomic mass is 9.79. The van der Waals surface area contributed by atoms with E-state index in [9.17, 15) is 0 Å². The van der Waals surface area contributed by atoms with Crippen LogP contribution in [0.5, 0.6) is 0 Å². The molecule has 1 saturated carbocycles. The molecule has 1 aromatic carbocycles. The van der Waals surface area contributed by atoms with Crippen molar-refractivity contribution in [1.82, 2.24) is 20.0 Å².